The Kier molecular flexibility index (Phi) is 2.33. The Balaban J connectivity index is 1.73. The molecular weight excluding hydrogens is 236 g/mol. The first-order chi connectivity index (χ1) is 9.18. The van der Waals surface area contributed by atoms with Gasteiger partial charge in [-0.15, -0.1) is 0 Å². The third-order valence-electron chi connectivity index (χ3n) is 5.94. The minimum absolute atomic E-state index is 0.0617. The van der Waals surface area contributed by atoms with Gasteiger partial charge in [0.05, 0.1) is 5.92 Å². The van der Waals surface area contributed by atoms with Crippen LogP contribution in [0.3, 0.4) is 0 Å². The van der Waals surface area contributed by atoms with Crippen LogP contribution < -0.4 is 0 Å². The minimum Gasteiger partial charge on any atom is -0.481 e. The van der Waals surface area contributed by atoms with E-state index in [1.165, 1.54) is 12.0 Å². The molecule has 5 rings (SSSR count). The van der Waals surface area contributed by atoms with Crippen molar-refractivity contribution in [2.45, 2.75) is 37.5 Å². The lowest BCUT2D eigenvalue weighted by atomic mass is 9.45. The number of aliphatic carboxylic acids is 1. The average Bonchev–Trinajstić information content (AvgIpc) is 2.38. The molecule has 1 aromatic carbocycles. The number of benzene rings is 1. The lowest BCUT2D eigenvalue weighted by Crippen LogP contribution is -2.54. The van der Waals surface area contributed by atoms with Crippen molar-refractivity contribution in [2.24, 2.45) is 23.7 Å². The summed E-state index contributed by atoms with van der Waals surface area (Å²) in [6.45, 7) is 0. The van der Waals surface area contributed by atoms with Crippen LogP contribution in [0.25, 0.3) is 0 Å². The zero-order valence-electron chi connectivity index (χ0n) is 11.1. The predicted octanol–water partition coefficient (Wildman–Crippen LogP) is 3.47. The summed E-state index contributed by atoms with van der Waals surface area (Å²) in [5.74, 6) is 1.01. The van der Waals surface area contributed by atoms with Gasteiger partial charge in [0.15, 0.2) is 0 Å². The fourth-order valence-electron chi connectivity index (χ4n) is 5.57. The lowest BCUT2D eigenvalue weighted by molar-refractivity contribution is -0.157. The smallest absolute Gasteiger partial charge is 0.307 e. The summed E-state index contributed by atoms with van der Waals surface area (Å²) in [4.78, 5) is 11.5. The fraction of sp³-hybridized carbons (Fsp3) is 0.588. The van der Waals surface area contributed by atoms with E-state index >= 15 is 0 Å². The van der Waals surface area contributed by atoms with E-state index in [1.54, 1.807) is 0 Å². The van der Waals surface area contributed by atoms with Crippen molar-refractivity contribution in [3.8, 4) is 0 Å². The summed E-state index contributed by atoms with van der Waals surface area (Å²) in [7, 11) is 0. The van der Waals surface area contributed by atoms with E-state index in [9.17, 15) is 9.90 Å². The highest BCUT2D eigenvalue weighted by Gasteiger charge is 2.57. The molecule has 1 N–H and O–H groups in total. The monoisotopic (exact) mass is 256 g/mol. The van der Waals surface area contributed by atoms with Gasteiger partial charge in [0.25, 0.3) is 0 Å². The number of carbonyl (C=O) groups is 1. The van der Waals surface area contributed by atoms with E-state index < -0.39 is 5.97 Å². The van der Waals surface area contributed by atoms with E-state index in [-0.39, 0.29) is 5.92 Å². The van der Waals surface area contributed by atoms with Crippen molar-refractivity contribution in [2.75, 3.05) is 0 Å². The Labute approximate surface area is 113 Å². The van der Waals surface area contributed by atoms with Crippen LogP contribution in [0.5, 0.6) is 0 Å². The highest BCUT2D eigenvalue weighted by Crippen LogP contribution is 2.62. The molecule has 0 aromatic heterocycles. The SMILES string of the molecule is O=C(O)C1[C@@H]2CC3C[C@H]1CC(c1ccccc1)(C3)C2. The summed E-state index contributed by atoms with van der Waals surface area (Å²) < 4.78 is 0. The molecule has 1 aromatic rings. The maximum Gasteiger partial charge on any atom is 0.307 e. The summed E-state index contributed by atoms with van der Waals surface area (Å²) in [5, 5.41) is 9.50. The van der Waals surface area contributed by atoms with Gasteiger partial charge in [0.2, 0.25) is 0 Å². The highest BCUT2D eigenvalue weighted by molar-refractivity contribution is 5.71. The molecule has 2 heteroatoms. The zero-order chi connectivity index (χ0) is 13.0. The fourth-order valence-corrected chi connectivity index (χ4v) is 5.57. The minimum atomic E-state index is -0.544. The Bertz CT molecular complexity index is 491. The van der Waals surface area contributed by atoms with E-state index in [1.807, 2.05) is 0 Å². The van der Waals surface area contributed by atoms with Gasteiger partial charge in [-0.2, -0.15) is 0 Å². The van der Waals surface area contributed by atoms with Crippen LogP contribution in [0, 0.1) is 23.7 Å². The van der Waals surface area contributed by atoms with Gasteiger partial charge in [-0.25, -0.2) is 0 Å². The standard InChI is InChI=1S/C17H20O2/c18-16(19)15-12-6-11-7-13(15)10-17(8-11,9-12)14-4-2-1-3-5-14/h1-5,11-13,15H,6-10H2,(H,18,19)/t11?,12-,13+,15?,17?. The van der Waals surface area contributed by atoms with E-state index in [4.69, 9.17) is 0 Å². The van der Waals surface area contributed by atoms with Crippen molar-refractivity contribution < 1.29 is 9.90 Å². The molecule has 4 fully saturated rings. The van der Waals surface area contributed by atoms with Crippen LogP contribution in [-0.2, 0) is 10.2 Å². The average molecular weight is 256 g/mol. The zero-order valence-corrected chi connectivity index (χ0v) is 11.1. The van der Waals surface area contributed by atoms with Crippen LogP contribution in [0.2, 0.25) is 0 Å². The molecule has 0 amide bonds. The van der Waals surface area contributed by atoms with Crippen LogP contribution in [0.15, 0.2) is 30.3 Å². The topological polar surface area (TPSA) is 37.3 Å². The highest BCUT2D eigenvalue weighted by atomic mass is 16.4. The molecule has 4 aliphatic rings. The van der Waals surface area contributed by atoms with E-state index in [2.05, 4.69) is 30.3 Å². The Morgan fingerprint density at radius 3 is 2.26 bits per heavy atom. The molecular formula is C17H20O2. The summed E-state index contributed by atoms with van der Waals surface area (Å²) in [6.07, 6.45) is 5.79. The number of hydrogen-bond acceptors (Lipinski definition) is 1. The molecule has 3 unspecified atom stereocenters. The lowest BCUT2D eigenvalue weighted by Gasteiger charge is -2.59. The molecule has 2 nitrogen and oxygen atoms in total. The predicted molar refractivity (Wildman–Crippen MR) is 72.8 cm³/mol. The summed E-state index contributed by atoms with van der Waals surface area (Å²) in [6, 6.07) is 10.8. The number of carboxylic acids is 1. The Morgan fingerprint density at radius 2 is 1.68 bits per heavy atom. The first-order valence-electron chi connectivity index (χ1n) is 7.46. The second-order valence-electron chi connectivity index (χ2n) is 6.98. The largest absolute Gasteiger partial charge is 0.481 e. The van der Waals surface area contributed by atoms with Crippen molar-refractivity contribution in [3.05, 3.63) is 35.9 Å². The third kappa shape index (κ3) is 1.58. The van der Waals surface area contributed by atoms with Gasteiger partial charge in [0.1, 0.15) is 0 Å². The molecule has 4 aliphatic carbocycles. The van der Waals surface area contributed by atoms with E-state index in [0.717, 1.165) is 31.6 Å². The molecule has 0 aliphatic heterocycles. The summed E-state index contributed by atoms with van der Waals surface area (Å²) in [5.41, 5.74) is 1.75. The van der Waals surface area contributed by atoms with Crippen LogP contribution in [0.4, 0.5) is 0 Å². The molecule has 4 bridgehead atoms. The first kappa shape index (κ1) is 11.5. The maximum atomic E-state index is 11.5. The number of hydrogen-bond donors (Lipinski definition) is 1. The van der Waals surface area contributed by atoms with Crippen LogP contribution >= 0.6 is 0 Å². The van der Waals surface area contributed by atoms with Gasteiger partial charge in [0, 0.05) is 0 Å². The second kappa shape index (κ2) is 3.84. The molecule has 5 atom stereocenters. The van der Waals surface area contributed by atoms with Gasteiger partial charge in [-0.1, -0.05) is 30.3 Å². The first-order valence-corrected chi connectivity index (χ1v) is 7.46. The molecule has 0 heterocycles. The van der Waals surface area contributed by atoms with Crippen molar-refractivity contribution in [1.82, 2.24) is 0 Å². The van der Waals surface area contributed by atoms with Crippen LogP contribution in [0.1, 0.15) is 37.7 Å². The summed E-state index contributed by atoms with van der Waals surface area (Å²) >= 11 is 0. The Hall–Kier alpha value is -1.31. The molecule has 0 radical (unpaired) electrons. The number of carboxylic acid groups (broad SMARTS) is 1. The van der Waals surface area contributed by atoms with Crippen molar-refractivity contribution in [1.29, 1.82) is 0 Å². The second-order valence-corrected chi connectivity index (χ2v) is 6.98. The van der Waals surface area contributed by atoms with E-state index in [0.29, 0.717) is 17.3 Å². The van der Waals surface area contributed by atoms with Gasteiger partial charge < -0.3 is 5.11 Å². The molecule has 0 spiro atoms. The molecule has 0 saturated heterocycles. The maximum absolute atomic E-state index is 11.5. The number of rotatable bonds is 2. The van der Waals surface area contributed by atoms with Gasteiger partial charge in [-0.05, 0) is 60.8 Å². The Morgan fingerprint density at radius 1 is 1.05 bits per heavy atom. The van der Waals surface area contributed by atoms with Crippen molar-refractivity contribution in [3.63, 3.8) is 0 Å². The normalized spacial score (nSPS) is 43.4. The quantitative estimate of drug-likeness (QED) is 0.879. The van der Waals surface area contributed by atoms with Gasteiger partial charge in [-0.3, -0.25) is 4.79 Å². The van der Waals surface area contributed by atoms with Crippen LogP contribution in [-0.4, -0.2) is 11.1 Å². The molecule has 4 saturated carbocycles. The molecule has 19 heavy (non-hydrogen) atoms. The van der Waals surface area contributed by atoms with Crippen molar-refractivity contribution >= 4 is 5.97 Å². The van der Waals surface area contributed by atoms with Gasteiger partial charge >= 0.3 is 5.97 Å². The third-order valence-corrected chi connectivity index (χ3v) is 5.94. The molecule has 100 valence electrons.